The lowest BCUT2D eigenvalue weighted by Gasteiger charge is -2.28. The maximum atomic E-state index is 12.2. The zero-order chi connectivity index (χ0) is 14.7. The molecule has 1 amide bonds. The summed E-state index contributed by atoms with van der Waals surface area (Å²) in [6, 6.07) is 4.25. The smallest absolute Gasteiger partial charge is 0.224 e. The number of anilines is 1. The van der Waals surface area contributed by atoms with Gasteiger partial charge in [0, 0.05) is 12.1 Å². The fourth-order valence-corrected chi connectivity index (χ4v) is 3.10. The Balaban J connectivity index is 1.95. The number of nitrogens with zero attached hydrogens (tertiary/aromatic N) is 1. The van der Waals surface area contributed by atoms with Crippen molar-refractivity contribution in [2.24, 2.45) is 5.92 Å². The molecule has 0 unspecified atom stereocenters. The van der Waals surface area contributed by atoms with E-state index in [4.69, 9.17) is 0 Å². The van der Waals surface area contributed by atoms with Crippen molar-refractivity contribution in [1.29, 1.82) is 0 Å². The van der Waals surface area contributed by atoms with Gasteiger partial charge in [-0.05, 0) is 70.8 Å². The highest BCUT2D eigenvalue weighted by molar-refractivity contribution is 5.92. The zero-order valence-corrected chi connectivity index (χ0v) is 13.1. The number of aryl methyl sites for hydroxylation is 3. The van der Waals surface area contributed by atoms with Crippen LogP contribution >= 0.6 is 0 Å². The maximum absolute atomic E-state index is 12.2. The Bertz CT molecular complexity index is 465. The molecule has 1 aromatic rings. The third-order valence-corrected chi connectivity index (χ3v) is 4.25. The van der Waals surface area contributed by atoms with Crippen molar-refractivity contribution in [3.63, 3.8) is 0 Å². The minimum Gasteiger partial charge on any atom is -0.326 e. The molecule has 0 atom stereocenters. The van der Waals surface area contributed by atoms with Crippen LogP contribution in [0, 0.1) is 26.7 Å². The molecule has 1 aliphatic heterocycles. The number of piperidine rings is 1. The van der Waals surface area contributed by atoms with E-state index in [-0.39, 0.29) is 5.91 Å². The highest BCUT2D eigenvalue weighted by atomic mass is 16.1. The molecule has 0 bridgehead atoms. The summed E-state index contributed by atoms with van der Waals surface area (Å²) in [6.07, 6.45) is 2.92. The van der Waals surface area contributed by atoms with Gasteiger partial charge in [-0.2, -0.15) is 0 Å². The molecule has 3 nitrogen and oxygen atoms in total. The van der Waals surface area contributed by atoms with E-state index >= 15 is 0 Å². The van der Waals surface area contributed by atoms with Gasteiger partial charge < -0.3 is 10.2 Å². The van der Waals surface area contributed by atoms with Gasteiger partial charge in [-0.1, -0.05) is 17.7 Å². The zero-order valence-electron chi connectivity index (χ0n) is 13.1. The highest BCUT2D eigenvalue weighted by Crippen LogP contribution is 2.24. The van der Waals surface area contributed by atoms with Crippen LogP contribution in [0.15, 0.2) is 12.1 Å². The molecule has 110 valence electrons. The summed E-state index contributed by atoms with van der Waals surface area (Å²) in [5.74, 6) is 0.701. The Labute approximate surface area is 122 Å². The number of hydrogen-bond donors (Lipinski definition) is 1. The minimum atomic E-state index is 0.162. The normalized spacial score (nSPS) is 17.2. The monoisotopic (exact) mass is 274 g/mol. The predicted molar refractivity (Wildman–Crippen MR) is 84.1 cm³/mol. The van der Waals surface area contributed by atoms with E-state index in [0.717, 1.165) is 42.7 Å². The Hall–Kier alpha value is -1.35. The number of nitrogens with one attached hydrogen (secondary N) is 1. The van der Waals surface area contributed by atoms with Crippen molar-refractivity contribution in [3.05, 3.63) is 28.8 Å². The molecule has 1 aliphatic rings. The van der Waals surface area contributed by atoms with E-state index in [9.17, 15) is 4.79 Å². The van der Waals surface area contributed by atoms with E-state index < -0.39 is 0 Å². The van der Waals surface area contributed by atoms with E-state index in [1.165, 1.54) is 5.56 Å². The van der Waals surface area contributed by atoms with Crippen LogP contribution in [0.25, 0.3) is 0 Å². The van der Waals surface area contributed by atoms with Crippen LogP contribution in [0.5, 0.6) is 0 Å². The number of likely N-dealkylation sites (tertiary alicyclic amines) is 1. The van der Waals surface area contributed by atoms with Gasteiger partial charge in [0.05, 0.1) is 0 Å². The molecule has 1 N–H and O–H groups in total. The van der Waals surface area contributed by atoms with Crippen molar-refractivity contribution >= 4 is 11.6 Å². The first-order valence-electron chi connectivity index (χ1n) is 7.52. The lowest BCUT2D eigenvalue weighted by atomic mass is 9.93. The Morgan fingerprint density at radius 2 is 1.75 bits per heavy atom. The third kappa shape index (κ3) is 3.83. The fourth-order valence-electron chi connectivity index (χ4n) is 3.10. The SMILES string of the molecule is Cc1cc(C)c(NC(=O)CC2CCN(C)CC2)c(C)c1. The molecule has 0 saturated carbocycles. The molecular weight excluding hydrogens is 248 g/mol. The molecule has 1 heterocycles. The van der Waals surface area contributed by atoms with Crippen molar-refractivity contribution in [3.8, 4) is 0 Å². The van der Waals surface area contributed by atoms with Crippen molar-refractivity contribution in [2.45, 2.75) is 40.0 Å². The van der Waals surface area contributed by atoms with Gasteiger partial charge in [-0.25, -0.2) is 0 Å². The Kier molecular flexibility index (Phi) is 4.81. The number of amides is 1. The van der Waals surface area contributed by atoms with Crippen LogP contribution in [0.3, 0.4) is 0 Å². The molecule has 0 spiro atoms. The number of hydrogen-bond acceptors (Lipinski definition) is 2. The van der Waals surface area contributed by atoms with E-state index in [2.05, 4.69) is 50.2 Å². The largest absolute Gasteiger partial charge is 0.326 e. The van der Waals surface area contributed by atoms with Crippen LogP contribution < -0.4 is 5.32 Å². The average molecular weight is 274 g/mol. The lowest BCUT2D eigenvalue weighted by Crippen LogP contribution is -2.32. The van der Waals surface area contributed by atoms with Gasteiger partial charge in [-0.3, -0.25) is 4.79 Å². The second kappa shape index (κ2) is 6.40. The van der Waals surface area contributed by atoms with Gasteiger partial charge in [-0.15, -0.1) is 0 Å². The molecule has 1 saturated heterocycles. The number of carbonyl (C=O) groups excluding carboxylic acids is 1. The summed E-state index contributed by atoms with van der Waals surface area (Å²) in [5.41, 5.74) is 4.54. The van der Waals surface area contributed by atoms with Crippen molar-refractivity contribution < 1.29 is 4.79 Å². The van der Waals surface area contributed by atoms with E-state index in [1.54, 1.807) is 0 Å². The topological polar surface area (TPSA) is 32.3 Å². The summed E-state index contributed by atoms with van der Waals surface area (Å²) in [5, 5.41) is 3.11. The van der Waals surface area contributed by atoms with Crippen molar-refractivity contribution in [1.82, 2.24) is 4.90 Å². The van der Waals surface area contributed by atoms with Crippen LogP contribution in [0.1, 0.15) is 36.0 Å². The maximum Gasteiger partial charge on any atom is 0.224 e. The molecule has 1 fully saturated rings. The summed E-state index contributed by atoms with van der Waals surface area (Å²) in [4.78, 5) is 14.6. The van der Waals surface area contributed by atoms with Gasteiger partial charge in [0.2, 0.25) is 5.91 Å². The third-order valence-electron chi connectivity index (χ3n) is 4.25. The molecule has 0 aromatic heterocycles. The molecule has 0 aliphatic carbocycles. The first-order valence-corrected chi connectivity index (χ1v) is 7.52. The Morgan fingerprint density at radius 1 is 1.20 bits per heavy atom. The van der Waals surface area contributed by atoms with Crippen molar-refractivity contribution in [2.75, 3.05) is 25.5 Å². The van der Waals surface area contributed by atoms with Gasteiger partial charge >= 0.3 is 0 Å². The summed E-state index contributed by atoms with van der Waals surface area (Å²) < 4.78 is 0. The second-order valence-corrected chi connectivity index (χ2v) is 6.27. The first kappa shape index (κ1) is 15.0. The van der Waals surface area contributed by atoms with Crippen LogP contribution in [-0.2, 0) is 4.79 Å². The van der Waals surface area contributed by atoms with E-state index in [1.807, 2.05) is 0 Å². The summed E-state index contributed by atoms with van der Waals surface area (Å²) in [7, 11) is 2.15. The predicted octanol–water partition coefficient (Wildman–Crippen LogP) is 3.28. The molecular formula is C17H26N2O. The standard InChI is InChI=1S/C17H26N2O/c1-12-9-13(2)17(14(3)10-12)18-16(20)11-15-5-7-19(4)8-6-15/h9-10,15H,5-8,11H2,1-4H3,(H,18,20). The summed E-state index contributed by atoms with van der Waals surface area (Å²) >= 11 is 0. The quantitative estimate of drug-likeness (QED) is 0.917. The molecule has 20 heavy (non-hydrogen) atoms. The van der Waals surface area contributed by atoms with Crippen LogP contribution in [0.2, 0.25) is 0 Å². The molecule has 1 aromatic carbocycles. The molecule has 3 heteroatoms. The van der Waals surface area contributed by atoms with E-state index in [0.29, 0.717) is 12.3 Å². The number of benzene rings is 1. The highest BCUT2D eigenvalue weighted by Gasteiger charge is 2.20. The molecule has 0 radical (unpaired) electrons. The number of rotatable bonds is 3. The van der Waals surface area contributed by atoms with Crippen LogP contribution in [0.4, 0.5) is 5.69 Å². The van der Waals surface area contributed by atoms with Gasteiger partial charge in [0.25, 0.3) is 0 Å². The van der Waals surface area contributed by atoms with Gasteiger partial charge in [0.1, 0.15) is 0 Å². The minimum absolute atomic E-state index is 0.162. The summed E-state index contributed by atoms with van der Waals surface area (Å²) in [6.45, 7) is 8.43. The van der Waals surface area contributed by atoms with Crippen LogP contribution in [-0.4, -0.2) is 30.9 Å². The molecule has 2 rings (SSSR count). The fraction of sp³-hybridized carbons (Fsp3) is 0.588. The number of carbonyl (C=O) groups is 1. The average Bonchev–Trinajstić information content (AvgIpc) is 2.36. The first-order chi connectivity index (χ1) is 9.45. The second-order valence-electron chi connectivity index (χ2n) is 6.27. The van der Waals surface area contributed by atoms with Gasteiger partial charge in [0.15, 0.2) is 0 Å². The Morgan fingerprint density at radius 3 is 2.30 bits per heavy atom. The lowest BCUT2D eigenvalue weighted by molar-refractivity contribution is -0.117.